The van der Waals surface area contributed by atoms with Crippen molar-refractivity contribution in [2.24, 2.45) is 0 Å². The standard InChI is InChI=1S/C27H40N2O6/c1-26(2,3)35-25(31)29-16-7-14-27(15-17-32-24(30)28-27)23(29)19-34-22-12-10-21(11-13-22)33-18-20-8-5-4-6-9-20/h4-6,8-9,21-23H,7,10-19H2,1-3H3,(H,28,30). The molecule has 0 aromatic heterocycles. The Bertz CT molecular complexity index is 845. The number of alkyl carbamates (subject to hydrolysis) is 1. The van der Waals surface area contributed by atoms with Gasteiger partial charge in [-0.05, 0) is 64.9 Å². The number of rotatable bonds is 6. The van der Waals surface area contributed by atoms with E-state index in [9.17, 15) is 9.59 Å². The van der Waals surface area contributed by atoms with Crippen molar-refractivity contribution in [3.63, 3.8) is 0 Å². The van der Waals surface area contributed by atoms with Crippen LogP contribution in [0.3, 0.4) is 0 Å². The third-order valence-electron chi connectivity index (χ3n) is 7.24. The number of carbonyl (C=O) groups is 2. The molecule has 0 bridgehead atoms. The molecular weight excluding hydrogens is 448 g/mol. The summed E-state index contributed by atoms with van der Waals surface area (Å²) in [5.74, 6) is 0. The molecule has 2 heterocycles. The Balaban J connectivity index is 1.35. The molecule has 1 spiro atoms. The van der Waals surface area contributed by atoms with Crippen molar-refractivity contribution >= 4 is 12.2 Å². The van der Waals surface area contributed by atoms with Gasteiger partial charge >= 0.3 is 12.2 Å². The molecule has 35 heavy (non-hydrogen) atoms. The van der Waals surface area contributed by atoms with Gasteiger partial charge in [-0.1, -0.05) is 30.3 Å². The van der Waals surface area contributed by atoms with Gasteiger partial charge in [0.1, 0.15) is 5.60 Å². The maximum absolute atomic E-state index is 13.1. The number of likely N-dealkylation sites (tertiary alicyclic amines) is 1. The van der Waals surface area contributed by atoms with E-state index in [0.717, 1.165) is 38.5 Å². The number of piperidine rings is 1. The summed E-state index contributed by atoms with van der Waals surface area (Å²) in [7, 11) is 0. The summed E-state index contributed by atoms with van der Waals surface area (Å²) in [5.41, 5.74) is 0.0409. The molecular formula is C27H40N2O6. The number of nitrogens with one attached hydrogen (secondary N) is 1. The van der Waals surface area contributed by atoms with E-state index in [1.165, 1.54) is 5.56 Å². The summed E-state index contributed by atoms with van der Waals surface area (Å²) < 4.78 is 23.4. The van der Waals surface area contributed by atoms with Gasteiger partial charge in [0.15, 0.2) is 0 Å². The number of cyclic esters (lactones) is 1. The number of hydrogen-bond donors (Lipinski definition) is 1. The Morgan fingerprint density at radius 1 is 1.09 bits per heavy atom. The Morgan fingerprint density at radius 3 is 2.43 bits per heavy atom. The minimum absolute atomic E-state index is 0.113. The molecule has 3 fully saturated rings. The van der Waals surface area contributed by atoms with Crippen LogP contribution in [-0.4, -0.2) is 66.2 Å². The highest BCUT2D eigenvalue weighted by molar-refractivity contribution is 5.71. The van der Waals surface area contributed by atoms with Gasteiger partial charge in [0.05, 0.1) is 43.6 Å². The zero-order valence-electron chi connectivity index (χ0n) is 21.3. The van der Waals surface area contributed by atoms with E-state index in [1.807, 2.05) is 39.0 Å². The lowest BCUT2D eigenvalue weighted by Gasteiger charge is -2.51. The quantitative estimate of drug-likeness (QED) is 0.619. The van der Waals surface area contributed by atoms with Crippen LogP contribution in [0.15, 0.2) is 30.3 Å². The van der Waals surface area contributed by atoms with Crippen LogP contribution >= 0.6 is 0 Å². The Hall–Kier alpha value is -2.32. The summed E-state index contributed by atoms with van der Waals surface area (Å²) in [6.07, 6.45) is 5.53. The van der Waals surface area contributed by atoms with Crippen LogP contribution in [0.1, 0.15) is 71.3 Å². The zero-order chi connectivity index (χ0) is 24.9. The van der Waals surface area contributed by atoms with E-state index < -0.39 is 17.2 Å². The number of carbonyl (C=O) groups excluding carboxylic acids is 2. The summed E-state index contributed by atoms with van der Waals surface area (Å²) in [6.45, 7) is 7.52. The van der Waals surface area contributed by atoms with Crippen LogP contribution in [-0.2, 0) is 25.6 Å². The van der Waals surface area contributed by atoms with Crippen molar-refractivity contribution in [2.45, 2.75) is 102 Å². The van der Waals surface area contributed by atoms with Gasteiger partial charge in [-0.3, -0.25) is 0 Å². The summed E-state index contributed by atoms with van der Waals surface area (Å²) in [6, 6.07) is 9.94. The van der Waals surface area contributed by atoms with E-state index in [-0.39, 0.29) is 24.3 Å². The lowest BCUT2D eigenvalue weighted by Crippen LogP contribution is -2.70. The van der Waals surface area contributed by atoms with Gasteiger partial charge in [0, 0.05) is 13.0 Å². The van der Waals surface area contributed by atoms with Crippen LogP contribution in [0, 0.1) is 0 Å². The minimum Gasteiger partial charge on any atom is -0.449 e. The second-order valence-electron chi connectivity index (χ2n) is 11.0. The van der Waals surface area contributed by atoms with Gasteiger partial charge < -0.3 is 29.2 Å². The Kier molecular flexibility index (Phi) is 8.22. The van der Waals surface area contributed by atoms with Crippen molar-refractivity contribution in [2.75, 3.05) is 19.8 Å². The molecule has 2 unspecified atom stereocenters. The van der Waals surface area contributed by atoms with E-state index in [0.29, 0.717) is 32.8 Å². The fourth-order valence-corrected chi connectivity index (χ4v) is 5.42. The summed E-state index contributed by atoms with van der Waals surface area (Å²) >= 11 is 0. The normalized spacial score (nSPS) is 29.4. The van der Waals surface area contributed by atoms with E-state index >= 15 is 0 Å². The highest BCUT2D eigenvalue weighted by Crippen LogP contribution is 2.35. The molecule has 1 aromatic carbocycles. The monoisotopic (exact) mass is 488 g/mol. The maximum atomic E-state index is 13.1. The lowest BCUT2D eigenvalue weighted by molar-refractivity contribution is -0.0810. The predicted octanol–water partition coefficient (Wildman–Crippen LogP) is 4.80. The number of hydrogen-bond acceptors (Lipinski definition) is 6. The third kappa shape index (κ3) is 6.88. The van der Waals surface area contributed by atoms with Crippen LogP contribution in [0.2, 0.25) is 0 Å². The van der Waals surface area contributed by atoms with Gasteiger partial charge in [0.25, 0.3) is 0 Å². The molecule has 2 aliphatic heterocycles. The van der Waals surface area contributed by atoms with Gasteiger partial charge in [0.2, 0.25) is 0 Å². The lowest BCUT2D eigenvalue weighted by atomic mass is 9.78. The molecule has 8 heteroatoms. The molecule has 0 radical (unpaired) electrons. The minimum atomic E-state index is -0.593. The Morgan fingerprint density at radius 2 is 1.77 bits per heavy atom. The number of ether oxygens (including phenoxy) is 4. The summed E-state index contributed by atoms with van der Waals surface area (Å²) in [5, 5.41) is 3.05. The first kappa shape index (κ1) is 25.8. The molecule has 3 aliphatic rings. The SMILES string of the molecule is CC(C)(C)OC(=O)N1CCCC2(CCOC(=O)N2)C1COC1CCC(OCc2ccccc2)CC1. The Labute approximate surface area is 208 Å². The average Bonchev–Trinajstić information content (AvgIpc) is 2.82. The fraction of sp³-hybridized carbons (Fsp3) is 0.704. The van der Waals surface area contributed by atoms with Gasteiger partial charge in [-0.15, -0.1) is 0 Å². The number of amides is 2. The third-order valence-corrected chi connectivity index (χ3v) is 7.24. The van der Waals surface area contributed by atoms with Gasteiger partial charge in [-0.2, -0.15) is 0 Å². The first-order chi connectivity index (χ1) is 16.7. The second kappa shape index (κ2) is 11.2. The molecule has 1 N–H and O–H groups in total. The molecule has 1 aliphatic carbocycles. The van der Waals surface area contributed by atoms with Crippen LogP contribution in [0.4, 0.5) is 9.59 Å². The van der Waals surface area contributed by atoms with Crippen LogP contribution < -0.4 is 5.32 Å². The van der Waals surface area contributed by atoms with Crippen molar-refractivity contribution in [1.82, 2.24) is 10.2 Å². The average molecular weight is 489 g/mol. The first-order valence-corrected chi connectivity index (χ1v) is 13.0. The van der Waals surface area contributed by atoms with Crippen molar-refractivity contribution in [1.29, 1.82) is 0 Å². The molecule has 1 saturated carbocycles. The molecule has 2 amide bonds. The molecule has 194 valence electrons. The largest absolute Gasteiger partial charge is 0.449 e. The smallest absolute Gasteiger partial charge is 0.410 e. The first-order valence-electron chi connectivity index (χ1n) is 13.0. The molecule has 2 atom stereocenters. The maximum Gasteiger partial charge on any atom is 0.410 e. The van der Waals surface area contributed by atoms with Crippen molar-refractivity contribution < 1.29 is 28.5 Å². The topological polar surface area (TPSA) is 86.3 Å². The second-order valence-corrected chi connectivity index (χ2v) is 11.0. The number of benzene rings is 1. The number of nitrogens with zero attached hydrogens (tertiary/aromatic N) is 1. The zero-order valence-corrected chi connectivity index (χ0v) is 21.3. The van der Waals surface area contributed by atoms with Gasteiger partial charge in [-0.25, -0.2) is 9.59 Å². The molecule has 1 aromatic rings. The van der Waals surface area contributed by atoms with Crippen molar-refractivity contribution in [3.8, 4) is 0 Å². The fourth-order valence-electron chi connectivity index (χ4n) is 5.42. The highest BCUT2D eigenvalue weighted by Gasteiger charge is 2.50. The molecule has 2 saturated heterocycles. The predicted molar refractivity (Wildman–Crippen MR) is 131 cm³/mol. The molecule has 4 rings (SSSR count). The van der Waals surface area contributed by atoms with E-state index in [2.05, 4.69) is 17.4 Å². The van der Waals surface area contributed by atoms with Crippen LogP contribution in [0.5, 0.6) is 0 Å². The summed E-state index contributed by atoms with van der Waals surface area (Å²) in [4.78, 5) is 27.0. The van der Waals surface area contributed by atoms with E-state index in [4.69, 9.17) is 18.9 Å². The van der Waals surface area contributed by atoms with Crippen LogP contribution in [0.25, 0.3) is 0 Å². The van der Waals surface area contributed by atoms with Crippen molar-refractivity contribution in [3.05, 3.63) is 35.9 Å². The van der Waals surface area contributed by atoms with E-state index in [1.54, 1.807) is 4.90 Å². The molecule has 8 nitrogen and oxygen atoms in total. The highest BCUT2D eigenvalue weighted by atomic mass is 16.6.